The summed E-state index contributed by atoms with van der Waals surface area (Å²) in [4.78, 5) is 14.2. The molecule has 25 heavy (non-hydrogen) atoms. The minimum atomic E-state index is 0.110. The quantitative estimate of drug-likeness (QED) is 0.914. The van der Waals surface area contributed by atoms with Crippen LogP contribution in [0.4, 0.5) is 11.4 Å². The first-order valence-electron chi connectivity index (χ1n) is 8.95. The lowest BCUT2D eigenvalue weighted by Crippen LogP contribution is -2.18. The molecule has 2 aromatic carbocycles. The Morgan fingerprint density at radius 2 is 1.84 bits per heavy atom. The highest BCUT2D eigenvalue weighted by Crippen LogP contribution is 2.32. The monoisotopic (exact) mass is 331 g/mol. The van der Waals surface area contributed by atoms with Gasteiger partial charge in [-0.25, -0.2) is 0 Å². The van der Waals surface area contributed by atoms with Crippen molar-refractivity contribution in [2.45, 2.75) is 25.7 Å². The smallest absolute Gasteiger partial charge is 0.227 e. The highest BCUT2D eigenvalue weighted by atomic mass is 16.2. The van der Waals surface area contributed by atoms with Gasteiger partial charge in [0.15, 0.2) is 0 Å². The SMILES string of the molecule is N#Cc1cc(-c2cccc(NC(=O)C3CC3)c2)ccc1N1CCCC1. The third-order valence-corrected chi connectivity index (χ3v) is 4.98. The molecule has 4 nitrogen and oxygen atoms in total. The van der Waals surface area contributed by atoms with Crippen LogP contribution in [-0.2, 0) is 4.79 Å². The largest absolute Gasteiger partial charge is 0.370 e. The van der Waals surface area contributed by atoms with Crippen molar-refractivity contribution >= 4 is 17.3 Å². The van der Waals surface area contributed by atoms with Crippen molar-refractivity contribution < 1.29 is 4.79 Å². The Morgan fingerprint density at radius 3 is 2.56 bits per heavy atom. The average Bonchev–Trinajstić information content (AvgIpc) is 3.36. The van der Waals surface area contributed by atoms with Crippen molar-refractivity contribution in [1.82, 2.24) is 0 Å². The number of nitrogens with one attached hydrogen (secondary N) is 1. The van der Waals surface area contributed by atoms with E-state index in [1.807, 2.05) is 30.3 Å². The number of carbonyl (C=O) groups is 1. The molecule has 1 saturated carbocycles. The van der Waals surface area contributed by atoms with Crippen LogP contribution >= 0.6 is 0 Å². The summed E-state index contributed by atoms with van der Waals surface area (Å²) in [5.74, 6) is 0.299. The molecule has 4 heteroatoms. The van der Waals surface area contributed by atoms with E-state index in [-0.39, 0.29) is 11.8 Å². The normalized spacial score (nSPS) is 16.5. The molecule has 2 fully saturated rings. The Bertz CT molecular complexity index is 842. The minimum Gasteiger partial charge on any atom is -0.370 e. The fourth-order valence-electron chi connectivity index (χ4n) is 3.41. The van der Waals surface area contributed by atoms with Gasteiger partial charge in [0.25, 0.3) is 0 Å². The Balaban J connectivity index is 1.60. The van der Waals surface area contributed by atoms with E-state index in [1.54, 1.807) is 0 Å². The second kappa shape index (κ2) is 6.60. The van der Waals surface area contributed by atoms with Crippen molar-refractivity contribution in [3.05, 3.63) is 48.0 Å². The van der Waals surface area contributed by atoms with Gasteiger partial charge in [0.1, 0.15) is 6.07 Å². The second-order valence-electron chi connectivity index (χ2n) is 6.88. The van der Waals surface area contributed by atoms with Gasteiger partial charge in [0.2, 0.25) is 5.91 Å². The zero-order valence-electron chi connectivity index (χ0n) is 14.2. The number of nitrogens with zero attached hydrogens (tertiary/aromatic N) is 2. The van der Waals surface area contributed by atoms with Gasteiger partial charge in [-0.05, 0) is 61.1 Å². The first-order chi connectivity index (χ1) is 12.2. The van der Waals surface area contributed by atoms with E-state index in [9.17, 15) is 10.1 Å². The molecular weight excluding hydrogens is 310 g/mol. The molecule has 0 radical (unpaired) electrons. The summed E-state index contributed by atoms with van der Waals surface area (Å²) in [5, 5.41) is 12.5. The molecule has 1 heterocycles. The van der Waals surface area contributed by atoms with Crippen molar-refractivity contribution in [3.8, 4) is 17.2 Å². The zero-order chi connectivity index (χ0) is 17.2. The molecule has 1 saturated heterocycles. The standard InChI is InChI=1S/C21H21N3O/c22-14-18-12-17(8-9-20(18)24-10-1-2-11-24)16-4-3-5-19(13-16)23-21(25)15-6-7-15/h3-5,8-9,12-13,15H,1-2,6-7,10-11H2,(H,23,25). The summed E-state index contributed by atoms with van der Waals surface area (Å²) in [6, 6.07) is 16.3. The van der Waals surface area contributed by atoms with Crippen molar-refractivity contribution in [3.63, 3.8) is 0 Å². The topological polar surface area (TPSA) is 56.1 Å². The second-order valence-corrected chi connectivity index (χ2v) is 6.88. The van der Waals surface area contributed by atoms with Crippen LogP contribution in [0.2, 0.25) is 0 Å². The maximum atomic E-state index is 12.0. The molecule has 1 aliphatic heterocycles. The molecule has 4 rings (SSSR count). The molecule has 2 aromatic rings. The first-order valence-corrected chi connectivity index (χ1v) is 8.95. The molecule has 0 bridgehead atoms. The molecule has 0 atom stereocenters. The van der Waals surface area contributed by atoms with Crippen molar-refractivity contribution in [2.24, 2.45) is 5.92 Å². The number of hydrogen-bond donors (Lipinski definition) is 1. The summed E-state index contributed by atoms with van der Waals surface area (Å²) >= 11 is 0. The maximum absolute atomic E-state index is 12.0. The van der Waals surface area contributed by atoms with Crippen LogP contribution in [0.5, 0.6) is 0 Å². The van der Waals surface area contributed by atoms with Crippen molar-refractivity contribution in [2.75, 3.05) is 23.3 Å². The van der Waals surface area contributed by atoms with E-state index >= 15 is 0 Å². The molecule has 0 unspecified atom stereocenters. The van der Waals surface area contributed by atoms with Gasteiger partial charge in [0, 0.05) is 24.7 Å². The lowest BCUT2D eigenvalue weighted by atomic mass is 10.0. The summed E-state index contributed by atoms with van der Waals surface area (Å²) in [5.41, 5.74) is 4.57. The molecule has 1 aliphatic carbocycles. The van der Waals surface area contributed by atoms with Crippen LogP contribution < -0.4 is 10.2 Å². The van der Waals surface area contributed by atoms with Gasteiger partial charge >= 0.3 is 0 Å². The number of nitriles is 1. The van der Waals surface area contributed by atoms with Crippen LogP contribution in [-0.4, -0.2) is 19.0 Å². The third kappa shape index (κ3) is 3.36. The fourth-order valence-corrected chi connectivity index (χ4v) is 3.41. The van der Waals surface area contributed by atoms with Gasteiger partial charge in [-0.15, -0.1) is 0 Å². The number of amides is 1. The van der Waals surface area contributed by atoms with E-state index in [4.69, 9.17) is 0 Å². The molecule has 0 spiro atoms. The lowest BCUT2D eigenvalue weighted by molar-refractivity contribution is -0.117. The Morgan fingerprint density at radius 1 is 1.08 bits per heavy atom. The van der Waals surface area contributed by atoms with Gasteiger partial charge in [-0.1, -0.05) is 18.2 Å². The van der Waals surface area contributed by atoms with Gasteiger partial charge < -0.3 is 10.2 Å². The Hall–Kier alpha value is -2.80. The number of carbonyl (C=O) groups excluding carboxylic acids is 1. The van der Waals surface area contributed by atoms with E-state index < -0.39 is 0 Å². The number of anilines is 2. The lowest BCUT2D eigenvalue weighted by Gasteiger charge is -2.19. The van der Waals surface area contributed by atoms with E-state index in [0.29, 0.717) is 5.56 Å². The van der Waals surface area contributed by atoms with E-state index in [1.165, 1.54) is 12.8 Å². The zero-order valence-corrected chi connectivity index (χ0v) is 14.2. The number of benzene rings is 2. The average molecular weight is 331 g/mol. The molecule has 0 aromatic heterocycles. The predicted octanol–water partition coefficient (Wildman–Crippen LogP) is 4.17. The Labute approximate surface area is 148 Å². The molecule has 1 N–H and O–H groups in total. The summed E-state index contributed by atoms with van der Waals surface area (Å²) in [7, 11) is 0. The Kier molecular flexibility index (Phi) is 4.15. The summed E-state index contributed by atoms with van der Waals surface area (Å²) in [6.07, 6.45) is 4.37. The highest BCUT2D eigenvalue weighted by molar-refractivity contribution is 5.94. The van der Waals surface area contributed by atoms with E-state index in [0.717, 1.165) is 48.4 Å². The number of rotatable bonds is 4. The fraction of sp³-hybridized carbons (Fsp3) is 0.333. The molecular formula is C21H21N3O. The number of hydrogen-bond acceptors (Lipinski definition) is 3. The van der Waals surface area contributed by atoms with E-state index in [2.05, 4.69) is 28.4 Å². The van der Waals surface area contributed by atoms with Gasteiger partial charge in [-0.2, -0.15) is 5.26 Å². The van der Waals surface area contributed by atoms with Crippen LogP contribution in [0.1, 0.15) is 31.2 Å². The van der Waals surface area contributed by atoms with Crippen LogP contribution in [0.3, 0.4) is 0 Å². The first kappa shape index (κ1) is 15.7. The summed E-state index contributed by atoms with van der Waals surface area (Å²) in [6.45, 7) is 2.05. The van der Waals surface area contributed by atoms with Gasteiger partial charge in [-0.3, -0.25) is 4.79 Å². The minimum absolute atomic E-state index is 0.110. The molecule has 2 aliphatic rings. The van der Waals surface area contributed by atoms with Crippen LogP contribution in [0.25, 0.3) is 11.1 Å². The molecule has 126 valence electrons. The van der Waals surface area contributed by atoms with Gasteiger partial charge in [0.05, 0.1) is 11.3 Å². The third-order valence-electron chi connectivity index (χ3n) is 4.98. The summed E-state index contributed by atoms with van der Waals surface area (Å²) < 4.78 is 0. The highest BCUT2D eigenvalue weighted by Gasteiger charge is 2.29. The molecule has 1 amide bonds. The predicted molar refractivity (Wildman–Crippen MR) is 99.4 cm³/mol. The van der Waals surface area contributed by atoms with Crippen molar-refractivity contribution in [1.29, 1.82) is 5.26 Å². The van der Waals surface area contributed by atoms with Crippen LogP contribution in [0, 0.1) is 17.2 Å². The maximum Gasteiger partial charge on any atom is 0.227 e. The van der Waals surface area contributed by atoms with Crippen LogP contribution in [0.15, 0.2) is 42.5 Å².